The molecule has 0 saturated carbocycles. The van der Waals surface area contributed by atoms with Gasteiger partial charge in [-0.25, -0.2) is 0 Å². The van der Waals surface area contributed by atoms with Crippen molar-refractivity contribution in [2.45, 2.75) is 4.34 Å². The summed E-state index contributed by atoms with van der Waals surface area (Å²) in [5.74, 6) is 0.323. The summed E-state index contributed by atoms with van der Waals surface area (Å²) in [7, 11) is 1.55. The van der Waals surface area contributed by atoms with Gasteiger partial charge in [-0.3, -0.25) is 14.9 Å². The zero-order valence-corrected chi connectivity index (χ0v) is 16.0. The number of thioether (sulfide) groups is 1. The lowest BCUT2D eigenvalue weighted by atomic mass is 10.2. The molecule has 0 aliphatic heterocycles. The number of nitrogens with zero attached hydrogens (tertiary/aromatic N) is 2. The first kappa shape index (κ1) is 18.9. The minimum atomic E-state index is -0.253. The number of rotatable bonds is 7. The average molecular weight is 400 g/mol. The monoisotopic (exact) mass is 400 g/mol. The van der Waals surface area contributed by atoms with Crippen LogP contribution in [0.25, 0.3) is 0 Å². The number of carbonyl (C=O) groups excluding carboxylic acids is 2. The van der Waals surface area contributed by atoms with Crippen molar-refractivity contribution in [3.8, 4) is 5.75 Å². The zero-order chi connectivity index (χ0) is 19.1. The largest absolute Gasteiger partial charge is 0.495 e. The van der Waals surface area contributed by atoms with Crippen LogP contribution in [0.15, 0.2) is 58.9 Å². The summed E-state index contributed by atoms with van der Waals surface area (Å²) in [5, 5.41) is 13.8. The molecule has 0 atom stereocenters. The fraction of sp³-hybridized carbons (Fsp3) is 0.111. The van der Waals surface area contributed by atoms with Crippen LogP contribution in [0, 0.1) is 0 Å². The molecule has 0 bridgehead atoms. The van der Waals surface area contributed by atoms with Crippen molar-refractivity contribution in [1.82, 2.24) is 10.2 Å². The van der Waals surface area contributed by atoms with E-state index in [-0.39, 0.29) is 17.6 Å². The number of benzene rings is 2. The Labute approximate surface area is 164 Å². The lowest BCUT2D eigenvalue weighted by Gasteiger charge is -2.08. The molecular formula is C18H16N4O3S2. The molecule has 138 valence electrons. The standard InChI is InChI=1S/C18H16N4O3S2/c1-25-14-10-6-5-9-13(14)19-15(23)11-26-18-22-21-17(27-18)20-16(24)12-7-3-2-4-8-12/h2-10H,11H2,1H3,(H,19,23)(H,20,21,24). The summed E-state index contributed by atoms with van der Waals surface area (Å²) < 4.78 is 5.79. The summed E-state index contributed by atoms with van der Waals surface area (Å²) in [4.78, 5) is 24.2. The van der Waals surface area contributed by atoms with E-state index in [1.165, 1.54) is 23.1 Å². The van der Waals surface area contributed by atoms with E-state index in [0.717, 1.165) is 0 Å². The molecule has 3 aromatic rings. The van der Waals surface area contributed by atoms with Gasteiger partial charge in [0.15, 0.2) is 4.34 Å². The second-order valence-corrected chi connectivity index (χ2v) is 7.43. The lowest BCUT2D eigenvalue weighted by molar-refractivity contribution is -0.113. The first-order chi connectivity index (χ1) is 13.2. The first-order valence-corrected chi connectivity index (χ1v) is 9.71. The maximum absolute atomic E-state index is 12.1. The summed E-state index contributed by atoms with van der Waals surface area (Å²) in [6.07, 6.45) is 0. The van der Waals surface area contributed by atoms with Gasteiger partial charge in [-0.1, -0.05) is 53.4 Å². The normalized spacial score (nSPS) is 10.3. The Kier molecular flexibility index (Phi) is 6.39. The van der Waals surface area contributed by atoms with Crippen LogP contribution >= 0.6 is 23.1 Å². The Morgan fingerprint density at radius 2 is 1.78 bits per heavy atom. The molecule has 2 aromatic carbocycles. The minimum absolute atomic E-state index is 0.166. The van der Waals surface area contributed by atoms with Crippen molar-refractivity contribution < 1.29 is 14.3 Å². The van der Waals surface area contributed by atoms with Crippen molar-refractivity contribution in [3.63, 3.8) is 0 Å². The van der Waals surface area contributed by atoms with Gasteiger partial charge < -0.3 is 10.1 Å². The van der Waals surface area contributed by atoms with Crippen LogP contribution in [0.2, 0.25) is 0 Å². The Bertz CT molecular complexity index is 931. The van der Waals surface area contributed by atoms with E-state index in [2.05, 4.69) is 20.8 Å². The number of amides is 2. The van der Waals surface area contributed by atoms with Gasteiger partial charge in [-0.05, 0) is 24.3 Å². The molecule has 0 unspecified atom stereocenters. The third-order valence-electron chi connectivity index (χ3n) is 3.37. The maximum atomic E-state index is 12.1. The third kappa shape index (κ3) is 5.28. The minimum Gasteiger partial charge on any atom is -0.495 e. The molecule has 0 aliphatic carbocycles. The van der Waals surface area contributed by atoms with Gasteiger partial charge in [0.2, 0.25) is 11.0 Å². The smallest absolute Gasteiger partial charge is 0.257 e. The van der Waals surface area contributed by atoms with E-state index >= 15 is 0 Å². The van der Waals surface area contributed by atoms with Crippen LogP contribution in [0.5, 0.6) is 5.75 Å². The van der Waals surface area contributed by atoms with Crippen LogP contribution in [-0.2, 0) is 4.79 Å². The highest BCUT2D eigenvalue weighted by molar-refractivity contribution is 8.01. The Balaban J connectivity index is 1.52. The Morgan fingerprint density at radius 3 is 2.56 bits per heavy atom. The van der Waals surface area contributed by atoms with E-state index in [4.69, 9.17) is 4.74 Å². The van der Waals surface area contributed by atoms with Gasteiger partial charge in [-0.2, -0.15) is 0 Å². The van der Waals surface area contributed by atoms with Crippen LogP contribution < -0.4 is 15.4 Å². The highest BCUT2D eigenvalue weighted by Crippen LogP contribution is 2.27. The topological polar surface area (TPSA) is 93.2 Å². The number of aromatic nitrogens is 2. The molecule has 0 radical (unpaired) electrons. The molecule has 27 heavy (non-hydrogen) atoms. The zero-order valence-electron chi connectivity index (χ0n) is 14.3. The average Bonchev–Trinajstić information content (AvgIpc) is 3.15. The van der Waals surface area contributed by atoms with E-state index < -0.39 is 0 Å². The number of carbonyl (C=O) groups is 2. The number of para-hydroxylation sites is 2. The van der Waals surface area contributed by atoms with Gasteiger partial charge in [-0.15, -0.1) is 10.2 Å². The molecule has 2 amide bonds. The predicted octanol–water partition coefficient (Wildman–Crippen LogP) is 3.53. The van der Waals surface area contributed by atoms with Gasteiger partial charge in [0.1, 0.15) is 5.75 Å². The molecule has 2 N–H and O–H groups in total. The summed E-state index contributed by atoms with van der Waals surface area (Å²) in [6.45, 7) is 0. The van der Waals surface area contributed by atoms with Gasteiger partial charge >= 0.3 is 0 Å². The molecule has 9 heteroatoms. The fourth-order valence-electron chi connectivity index (χ4n) is 2.14. The highest BCUT2D eigenvalue weighted by atomic mass is 32.2. The van der Waals surface area contributed by atoms with E-state index in [1.807, 2.05) is 18.2 Å². The molecule has 7 nitrogen and oxygen atoms in total. The number of anilines is 2. The highest BCUT2D eigenvalue weighted by Gasteiger charge is 2.12. The van der Waals surface area contributed by atoms with E-state index in [9.17, 15) is 9.59 Å². The van der Waals surface area contributed by atoms with Crippen LogP contribution in [0.3, 0.4) is 0 Å². The number of hydrogen-bond donors (Lipinski definition) is 2. The maximum Gasteiger partial charge on any atom is 0.257 e. The second-order valence-electron chi connectivity index (χ2n) is 5.23. The molecule has 3 rings (SSSR count). The van der Waals surface area contributed by atoms with Crippen molar-refractivity contribution in [1.29, 1.82) is 0 Å². The number of methoxy groups -OCH3 is 1. The van der Waals surface area contributed by atoms with Crippen molar-refractivity contribution in [3.05, 3.63) is 60.2 Å². The molecule has 1 heterocycles. The molecule has 0 aliphatic rings. The second kappa shape index (κ2) is 9.15. The van der Waals surface area contributed by atoms with Crippen LogP contribution in [0.4, 0.5) is 10.8 Å². The van der Waals surface area contributed by atoms with Gasteiger partial charge in [0.05, 0.1) is 18.6 Å². The van der Waals surface area contributed by atoms with Crippen LogP contribution in [-0.4, -0.2) is 34.9 Å². The molecule has 0 saturated heterocycles. The van der Waals surface area contributed by atoms with Crippen LogP contribution in [0.1, 0.15) is 10.4 Å². The van der Waals surface area contributed by atoms with Gasteiger partial charge in [0, 0.05) is 5.56 Å². The fourth-order valence-corrected chi connectivity index (χ4v) is 3.69. The van der Waals surface area contributed by atoms with E-state index in [0.29, 0.717) is 26.5 Å². The summed E-state index contributed by atoms with van der Waals surface area (Å²) >= 11 is 2.46. The molecule has 0 fully saturated rings. The van der Waals surface area contributed by atoms with Crippen molar-refractivity contribution in [2.24, 2.45) is 0 Å². The Morgan fingerprint density at radius 1 is 1.04 bits per heavy atom. The van der Waals surface area contributed by atoms with Crippen molar-refractivity contribution in [2.75, 3.05) is 23.5 Å². The molecule has 0 spiro atoms. The third-order valence-corrected chi connectivity index (χ3v) is 5.34. The predicted molar refractivity (Wildman–Crippen MR) is 107 cm³/mol. The molecular weight excluding hydrogens is 384 g/mol. The quantitative estimate of drug-likeness (QED) is 0.466. The van der Waals surface area contributed by atoms with Crippen molar-refractivity contribution >= 4 is 45.7 Å². The summed E-state index contributed by atoms with van der Waals surface area (Å²) in [6, 6.07) is 16.0. The number of nitrogens with one attached hydrogen (secondary N) is 2. The lowest BCUT2D eigenvalue weighted by Crippen LogP contribution is -2.14. The van der Waals surface area contributed by atoms with Gasteiger partial charge in [0.25, 0.3) is 5.91 Å². The number of ether oxygens (including phenoxy) is 1. The summed E-state index contributed by atoms with van der Waals surface area (Å²) in [5.41, 5.74) is 1.15. The number of hydrogen-bond acceptors (Lipinski definition) is 7. The first-order valence-electron chi connectivity index (χ1n) is 7.91. The van der Waals surface area contributed by atoms with E-state index in [1.54, 1.807) is 43.5 Å². The Hall–Kier alpha value is -2.91. The SMILES string of the molecule is COc1ccccc1NC(=O)CSc1nnc(NC(=O)c2ccccc2)s1. The molecule has 1 aromatic heterocycles.